The molecular formula is C17H23OPS. The molecule has 0 aliphatic heterocycles. The van der Waals surface area contributed by atoms with Gasteiger partial charge in [0, 0.05) is 4.88 Å². The van der Waals surface area contributed by atoms with Crippen LogP contribution in [-0.2, 0) is 0 Å². The second kappa shape index (κ2) is 7.81. The van der Waals surface area contributed by atoms with Gasteiger partial charge in [-0.05, 0) is 58.9 Å². The summed E-state index contributed by atoms with van der Waals surface area (Å²) in [7, 11) is 1.72. The van der Waals surface area contributed by atoms with Crippen molar-refractivity contribution in [2.45, 2.75) is 26.7 Å². The van der Waals surface area contributed by atoms with E-state index in [0.29, 0.717) is 0 Å². The highest BCUT2D eigenvalue weighted by atomic mass is 32.1. The van der Waals surface area contributed by atoms with Crippen LogP contribution in [0, 0.1) is 0 Å². The normalized spacial score (nSPS) is 11.0. The first-order chi connectivity index (χ1) is 9.80. The second-order valence-corrected chi connectivity index (χ2v) is 8.22. The zero-order valence-corrected chi connectivity index (χ0v) is 14.3. The van der Waals surface area contributed by atoms with Crippen molar-refractivity contribution in [1.29, 1.82) is 0 Å². The van der Waals surface area contributed by atoms with Gasteiger partial charge in [-0.3, -0.25) is 0 Å². The van der Waals surface area contributed by atoms with Crippen molar-refractivity contribution < 1.29 is 4.74 Å². The molecular weight excluding hydrogens is 283 g/mol. The molecule has 2 rings (SSSR count). The van der Waals surface area contributed by atoms with E-state index in [0.717, 1.165) is 5.75 Å². The van der Waals surface area contributed by atoms with E-state index in [1.54, 1.807) is 12.4 Å². The average Bonchev–Trinajstić information content (AvgIpc) is 2.96. The first kappa shape index (κ1) is 15.5. The fourth-order valence-electron chi connectivity index (χ4n) is 2.40. The van der Waals surface area contributed by atoms with Crippen LogP contribution in [0.1, 0.15) is 26.7 Å². The molecule has 1 heterocycles. The molecule has 0 radical (unpaired) electrons. The summed E-state index contributed by atoms with van der Waals surface area (Å²) >= 11 is 1.87. The van der Waals surface area contributed by atoms with Gasteiger partial charge in [-0.15, -0.1) is 11.3 Å². The Morgan fingerprint density at radius 3 is 2.20 bits per heavy atom. The monoisotopic (exact) mass is 306 g/mol. The minimum atomic E-state index is 0.00454. The third kappa shape index (κ3) is 3.62. The summed E-state index contributed by atoms with van der Waals surface area (Å²) in [6, 6.07) is 10.8. The fraction of sp³-hybridized carbons (Fsp3) is 0.412. The molecule has 0 spiro atoms. The maximum absolute atomic E-state index is 5.25. The van der Waals surface area contributed by atoms with E-state index in [2.05, 4.69) is 49.6 Å². The third-order valence-electron chi connectivity index (χ3n) is 3.32. The molecule has 0 N–H and O–H groups in total. The lowest BCUT2D eigenvalue weighted by Crippen LogP contribution is -2.06. The van der Waals surface area contributed by atoms with Crippen LogP contribution in [0.15, 0.2) is 35.7 Å². The van der Waals surface area contributed by atoms with Gasteiger partial charge in [-0.2, -0.15) is 0 Å². The lowest BCUT2D eigenvalue weighted by molar-refractivity contribution is 0.415. The Labute approximate surface area is 127 Å². The Bertz CT molecular complexity index is 512. The van der Waals surface area contributed by atoms with Crippen molar-refractivity contribution >= 4 is 24.6 Å². The molecule has 0 amide bonds. The van der Waals surface area contributed by atoms with Gasteiger partial charge in [0.2, 0.25) is 0 Å². The van der Waals surface area contributed by atoms with Gasteiger partial charge in [0.15, 0.2) is 0 Å². The van der Waals surface area contributed by atoms with Crippen molar-refractivity contribution in [1.82, 2.24) is 0 Å². The maximum Gasteiger partial charge on any atom is 0.118 e. The highest BCUT2D eigenvalue weighted by molar-refractivity contribution is 7.66. The molecule has 0 bridgehead atoms. The van der Waals surface area contributed by atoms with Crippen LogP contribution in [0.4, 0.5) is 0 Å². The summed E-state index contributed by atoms with van der Waals surface area (Å²) in [5.41, 5.74) is 1.33. The molecule has 0 atom stereocenters. The topological polar surface area (TPSA) is 9.23 Å². The summed E-state index contributed by atoms with van der Waals surface area (Å²) in [6.07, 6.45) is 5.26. The number of ether oxygens (including phenoxy) is 1. The molecule has 108 valence electrons. The molecule has 1 nitrogen and oxygen atoms in total. The highest BCUT2D eigenvalue weighted by Gasteiger charge is 2.15. The molecule has 1 aromatic heterocycles. The molecule has 2 aromatic rings. The number of hydrogen-bond donors (Lipinski definition) is 0. The summed E-state index contributed by atoms with van der Waals surface area (Å²) in [5, 5.41) is 3.84. The van der Waals surface area contributed by atoms with Crippen LogP contribution in [0.2, 0.25) is 0 Å². The molecule has 0 fully saturated rings. The van der Waals surface area contributed by atoms with Gasteiger partial charge >= 0.3 is 0 Å². The lowest BCUT2D eigenvalue weighted by atomic mass is 10.2. The van der Waals surface area contributed by atoms with E-state index < -0.39 is 0 Å². The lowest BCUT2D eigenvalue weighted by Gasteiger charge is -2.17. The summed E-state index contributed by atoms with van der Waals surface area (Å²) < 4.78 is 5.25. The smallest absolute Gasteiger partial charge is 0.118 e. The molecule has 0 aliphatic rings. The standard InChI is InChI=1S/C17H23OPS/c1-4-11-19(12-5-2)16-10-13-20-17(16)14-6-8-15(18-3)9-7-14/h6-10,13H,4-5,11-12H2,1-3H3. The Balaban J connectivity index is 2.30. The summed E-state index contributed by atoms with van der Waals surface area (Å²) in [4.78, 5) is 1.46. The van der Waals surface area contributed by atoms with Crippen molar-refractivity contribution in [3.05, 3.63) is 35.7 Å². The number of thiophene rings is 1. The number of methoxy groups -OCH3 is 1. The van der Waals surface area contributed by atoms with Crippen molar-refractivity contribution in [2.24, 2.45) is 0 Å². The maximum atomic E-state index is 5.25. The number of rotatable bonds is 7. The quantitative estimate of drug-likeness (QED) is 0.626. The fourth-order valence-corrected chi connectivity index (χ4v) is 6.34. The van der Waals surface area contributed by atoms with Crippen LogP contribution in [0.5, 0.6) is 5.75 Å². The van der Waals surface area contributed by atoms with E-state index in [4.69, 9.17) is 4.74 Å². The predicted octanol–water partition coefficient (Wildman–Crippen LogP) is 5.35. The molecule has 20 heavy (non-hydrogen) atoms. The van der Waals surface area contributed by atoms with Crippen LogP contribution in [0.25, 0.3) is 10.4 Å². The Morgan fingerprint density at radius 2 is 1.65 bits per heavy atom. The van der Waals surface area contributed by atoms with Crippen molar-refractivity contribution in [2.75, 3.05) is 19.4 Å². The molecule has 0 aliphatic carbocycles. The number of benzene rings is 1. The van der Waals surface area contributed by atoms with Gasteiger partial charge in [0.25, 0.3) is 0 Å². The van der Waals surface area contributed by atoms with Crippen LogP contribution >= 0.6 is 19.3 Å². The van der Waals surface area contributed by atoms with Crippen LogP contribution in [0.3, 0.4) is 0 Å². The molecule has 0 unspecified atom stereocenters. The van der Waals surface area contributed by atoms with Crippen LogP contribution in [-0.4, -0.2) is 19.4 Å². The molecule has 0 saturated carbocycles. The first-order valence-electron chi connectivity index (χ1n) is 7.27. The van der Waals surface area contributed by atoms with E-state index >= 15 is 0 Å². The minimum Gasteiger partial charge on any atom is -0.497 e. The Hall–Kier alpha value is -0.850. The second-order valence-electron chi connectivity index (χ2n) is 4.85. The Kier molecular flexibility index (Phi) is 6.06. The zero-order valence-electron chi connectivity index (χ0n) is 12.6. The van der Waals surface area contributed by atoms with E-state index in [9.17, 15) is 0 Å². The van der Waals surface area contributed by atoms with Gasteiger partial charge in [0.05, 0.1) is 7.11 Å². The van der Waals surface area contributed by atoms with Crippen molar-refractivity contribution in [3.63, 3.8) is 0 Å². The zero-order chi connectivity index (χ0) is 14.4. The Morgan fingerprint density at radius 1 is 1.00 bits per heavy atom. The van der Waals surface area contributed by atoms with Gasteiger partial charge < -0.3 is 4.74 Å². The predicted molar refractivity (Wildman–Crippen MR) is 93.2 cm³/mol. The van der Waals surface area contributed by atoms with E-state index in [1.807, 2.05) is 11.3 Å². The van der Waals surface area contributed by atoms with Gasteiger partial charge in [0.1, 0.15) is 5.75 Å². The third-order valence-corrected chi connectivity index (χ3v) is 7.47. The van der Waals surface area contributed by atoms with Crippen LogP contribution < -0.4 is 10.0 Å². The number of hydrogen-bond acceptors (Lipinski definition) is 2. The van der Waals surface area contributed by atoms with Gasteiger partial charge in [-0.1, -0.05) is 34.6 Å². The SMILES string of the molecule is CCCP(CCC)c1ccsc1-c1ccc(OC)cc1. The molecule has 0 saturated heterocycles. The molecule has 1 aromatic carbocycles. The average molecular weight is 306 g/mol. The van der Waals surface area contributed by atoms with Crippen molar-refractivity contribution in [3.8, 4) is 16.2 Å². The van der Waals surface area contributed by atoms with E-state index in [-0.39, 0.29) is 7.92 Å². The van der Waals surface area contributed by atoms with E-state index in [1.165, 1.54) is 35.6 Å². The largest absolute Gasteiger partial charge is 0.497 e. The minimum absolute atomic E-state index is 0.00454. The summed E-state index contributed by atoms with van der Waals surface area (Å²) in [6.45, 7) is 4.59. The summed E-state index contributed by atoms with van der Waals surface area (Å²) in [5.74, 6) is 0.927. The van der Waals surface area contributed by atoms with Gasteiger partial charge in [-0.25, -0.2) is 0 Å². The highest BCUT2D eigenvalue weighted by Crippen LogP contribution is 2.41. The molecule has 3 heteroatoms. The first-order valence-corrected chi connectivity index (χ1v) is 9.86.